The number of aliphatic hydroxyl groups is 1. The molecular formula is C32H49NO4. The molecule has 8 atom stereocenters. The van der Waals surface area contributed by atoms with Gasteiger partial charge in [-0.2, -0.15) is 0 Å². The van der Waals surface area contributed by atoms with Gasteiger partial charge in [-0.25, -0.2) is 0 Å². The molecule has 5 aliphatic carbocycles. The van der Waals surface area contributed by atoms with Crippen molar-refractivity contribution in [3.05, 3.63) is 23.3 Å². The summed E-state index contributed by atoms with van der Waals surface area (Å²) >= 11 is 0. The number of nitrogens with two attached hydrogens (primary N) is 1. The Hall–Kier alpha value is -1.46. The number of aliphatic hydroxyl groups excluding tert-OH is 1. The van der Waals surface area contributed by atoms with Crippen LogP contribution in [-0.2, 0) is 14.3 Å². The van der Waals surface area contributed by atoms with Gasteiger partial charge in [-0.15, -0.1) is 0 Å². The fourth-order valence-electron chi connectivity index (χ4n) is 10.1. The van der Waals surface area contributed by atoms with Gasteiger partial charge in [0.2, 0.25) is 0 Å². The van der Waals surface area contributed by atoms with Gasteiger partial charge < -0.3 is 15.6 Å². The van der Waals surface area contributed by atoms with Gasteiger partial charge in [0.05, 0.1) is 11.5 Å². The van der Waals surface area contributed by atoms with Gasteiger partial charge in [0.15, 0.2) is 0 Å². The number of Topliss-reactive ketones (excluding diaryl/α,β-unsaturated/α-hetero) is 1. The van der Waals surface area contributed by atoms with Crippen molar-refractivity contribution in [3.8, 4) is 0 Å². The van der Waals surface area contributed by atoms with E-state index in [-0.39, 0.29) is 59.1 Å². The van der Waals surface area contributed by atoms with Gasteiger partial charge in [-0.3, -0.25) is 9.59 Å². The third kappa shape index (κ3) is 3.41. The largest absolute Gasteiger partial charge is 0.464 e. The molecule has 0 saturated heterocycles. The van der Waals surface area contributed by atoms with E-state index in [2.05, 4.69) is 53.7 Å². The van der Waals surface area contributed by atoms with Crippen LogP contribution in [-0.4, -0.2) is 36.1 Å². The highest BCUT2D eigenvalue weighted by molar-refractivity contribution is 5.95. The average molecular weight is 512 g/mol. The highest BCUT2D eigenvalue weighted by atomic mass is 16.5. The Labute approximate surface area is 223 Å². The van der Waals surface area contributed by atoms with Crippen molar-refractivity contribution in [2.24, 2.45) is 50.1 Å². The summed E-state index contributed by atoms with van der Waals surface area (Å²) in [5.41, 5.74) is 6.77. The Bertz CT molecular complexity index is 1070. The number of ketones is 1. The molecule has 5 aliphatic rings. The van der Waals surface area contributed by atoms with E-state index < -0.39 is 10.8 Å². The van der Waals surface area contributed by atoms with Gasteiger partial charge in [0, 0.05) is 18.4 Å². The van der Waals surface area contributed by atoms with Crippen LogP contribution < -0.4 is 5.73 Å². The molecule has 0 aromatic carbocycles. The minimum absolute atomic E-state index is 0.0604. The SMILES string of the molecule is CC1(C)[C@H]2CC[C@]3(C)[C@H](C=CC4=C5C[C@](C)(C(=O)OCCN)CC(=O)[C@]5(C)CC[C@]43C)[C@@]2(C)CC[C@@H]1O. The van der Waals surface area contributed by atoms with Crippen molar-refractivity contribution in [2.45, 2.75) is 106 Å². The third-order valence-electron chi connectivity index (χ3n) is 12.9. The molecule has 3 N–H and O–H groups in total. The second-order valence-corrected chi connectivity index (χ2v) is 15.0. The van der Waals surface area contributed by atoms with E-state index >= 15 is 0 Å². The Morgan fingerprint density at radius 3 is 2.41 bits per heavy atom. The topological polar surface area (TPSA) is 89.6 Å². The minimum atomic E-state index is -0.842. The van der Waals surface area contributed by atoms with Gasteiger partial charge in [0.25, 0.3) is 0 Å². The van der Waals surface area contributed by atoms with E-state index in [9.17, 15) is 14.7 Å². The molecule has 0 unspecified atom stereocenters. The highest BCUT2D eigenvalue weighted by Crippen LogP contribution is 2.73. The Morgan fingerprint density at radius 1 is 1.03 bits per heavy atom. The zero-order valence-corrected chi connectivity index (χ0v) is 24.2. The minimum Gasteiger partial charge on any atom is -0.464 e. The van der Waals surface area contributed by atoms with E-state index in [0.29, 0.717) is 18.3 Å². The molecule has 206 valence electrons. The van der Waals surface area contributed by atoms with Crippen LogP contribution in [0.2, 0.25) is 0 Å². The highest BCUT2D eigenvalue weighted by Gasteiger charge is 2.67. The lowest BCUT2D eigenvalue weighted by atomic mass is 9.35. The fourth-order valence-corrected chi connectivity index (χ4v) is 10.1. The summed E-state index contributed by atoms with van der Waals surface area (Å²) < 4.78 is 5.48. The van der Waals surface area contributed by atoms with Crippen molar-refractivity contribution in [2.75, 3.05) is 13.2 Å². The van der Waals surface area contributed by atoms with E-state index in [1.165, 1.54) is 11.1 Å². The first kappa shape index (κ1) is 27.1. The van der Waals surface area contributed by atoms with Crippen LogP contribution in [0.5, 0.6) is 0 Å². The predicted molar refractivity (Wildman–Crippen MR) is 145 cm³/mol. The maximum absolute atomic E-state index is 13.7. The first-order chi connectivity index (χ1) is 17.1. The van der Waals surface area contributed by atoms with Crippen molar-refractivity contribution >= 4 is 11.8 Å². The third-order valence-corrected chi connectivity index (χ3v) is 12.9. The molecule has 0 radical (unpaired) electrons. The molecule has 0 spiro atoms. The zero-order valence-electron chi connectivity index (χ0n) is 24.2. The second kappa shape index (κ2) is 8.27. The van der Waals surface area contributed by atoms with Crippen LogP contribution >= 0.6 is 0 Å². The molecule has 5 rings (SSSR count). The molecule has 0 amide bonds. The first-order valence-electron chi connectivity index (χ1n) is 14.6. The summed E-state index contributed by atoms with van der Waals surface area (Å²) in [6.45, 7) is 16.5. The molecule has 5 heteroatoms. The smallest absolute Gasteiger partial charge is 0.312 e. The Balaban J connectivity index is 1.62. The summed E-state index contributed by atoms with van der Waals surface area (Å²) in [5, 5.41) is 10.9. The van der Waals surface area contributed by atoms with Crippen LogP contribution in [0.1, 0.15) is 99.8 Å². The van der Waals surface area contributed by atoms with E-state index in [4.69, 9.17) is 10.5 Å². The standard InChI is InChI=1S/C32H49NO4/c1-27(2)22-10-13-32(7)23(30(22,5)12-11-24(27)34)9-8-20-21-18-28(3,26(36)37-17-16-33)19-25(35)29(21,4)14-15-31(20,32)6/h8-9,22-24,34H,10-19,33H2,1-7H3/t22-,23-,24+,28+,29-,30+,31-,32-/m1/s1. The maximum atomic E-state index is 13.7. The van der Waals surface area contributed by atoms with Crippen LogP contribution in [0.25, 0.3) is 0 Å². The first-order valence-corrected chi connectivity index (χ1v) is 14.6. The van der Waals surface area contributed by atoms with Crippen LogP contribution in [0.3, 0.4) is 0 Å². The normalized spacial score (nSPS) is 48.5. The average Bonchev–Trinajstić information content (AvgIpc) is 2.82. The number of allylic oxidation sites excluding steroid dienone is 4. The van der Waals surface area contributed by atoms with Crippen LogP contribution in [0.4, 0.5) is 0 Å². The van der Waals surface area contributed by atoms with E-state index in [1.807, 2.05) is 6.92 Å². The van der Waals surface area contributed by atoms with Crippen LogP contribution in [0, 0.1) is 44.3 Å². The van der Waals surface area contributed by atoms with Crippen molar-refractivity contribution in [1.29, 1.82) is 0 Å². The van der Waals surface area contributed by atoms with E-state index in [0.717, 1.165) is 38.5 Å². The number of fused-ring (bicyclic) bond motifs is 6. The fraction of sp³-hybridized carbons (Fsp3) is 0.812. The molecular weight excluding hydrogens is 462 g/mol. The van der Waals surface area contributed by atoms with Gasteiger partial charge in [0.1, 0.15) is 12.4 Å². The maximum Gasteiger partial charge on any atom is 0.312 e. The Kier molecular flexibility index (Phi) is 6.06. The summed E-state index contributed by atoms with van der Waals surface area (Å²) in [6.07, 6.45) is 11.4. The number of carbonyl (C=O) groups excluding carboxylic acids is 2. The number of hydrogen-bond acceptors (Lipinski definition) is 5. The molecule has 37 heavy (non-hydrogen) atoms. The quantitative estimate of drug-likeness (QED) is 0.471. The lowest BCUT2D eigenvalue weighted by Crippen LogP contribution is -2.63. The summed E-state index contributed by atoms with van der Waals surface area (Å²) in [7, 11) is 0. The monoisotopic (exact) mass is 511 g/mol. The van der Waals surface area contributed by atoms with Gasteiger partial charge in [-0.1, -0.05) is 52.3 Å². The van der Waals surface area contributed by atoms with E-state index in [1.54, 1.807) is 0 Å². The number of hydrogen-bond donors (Lipinski definition) is 2. The lowest BCUT2D eigenvalue weighted by molar-refractivity contribution is -0.182. The van der Waals surface area contributed by atoms with Crippen LogP contribution in [0.15, 0.2) is 23.3 Å². The Morgan fingerprint density at radius 2 is 1.73 bits per heavy atom. The van der Waals surface area contributed by atoms with Crippen molar-refractivity contribution in [1.82, 2.24) is 0 Å². The lowest BCUT2D eigenvalue weighted by Gasteiger charge is -2.69. The number of carbonyl (C=O) groups is 2. The molecule has 0 bridgehead atoms. The summed E-state index contributed by atoms with van der Waals surface area (Å²) in [6, 6.07) is 0. The van der Waals surface area contributed by atoms with Crippen molar-refractivity contribution < 1.29 is 19.4 Å². The zero-order chi connectivity index (χ0) is 27.2. The number of esters is 1. The molecule has 0 aliphatic heterocycles. The predicted octanol–water partition coefficient (Wildman–Crippen LogP) is 5.75. The van der Waals surface area contributed by atoms with Gasteiger partial charge in [-0.05, 0) is 97.9 Å². The molecule has 0 aromatic heterocycles. The molecule has 0 heterocycles. The second-order valence-electron chi connectivity index (χ2n) is 15.0. The molecule has 0 aromatic rings. The summed E-state index contributed by atoms with van der Waals surface area (Å²) in [5.74, 6) is 0.780. The molecule has 3 fully saturated rings. The molecule has 3 saturated carbocycles. The van der Waals surface area contributed by atoms with Crippen molar-refractivity contribution in [3.63, 3.8) is 0 Å². The number of ether oxygens (including phenoxy) is 1. The summed E-state index contributed by atoms with van der Waals surface area (Å²) in [4.78, 5) is 26.8. The van der Waals surface area contributed by atoms with Gasteiger partial charge >= 0.3 is 5.97 Å². The number of rotatable bonds is 3. The molecule has 5 nitrogen and oxygen atoms in total.